The molecule has 0 saturated carbocycles. The van der Waals surface area contributed by atoms with Crippen LogP contribution in [0.15, 0.2) is 83.8 Å². The number of sulfonamides is 1. The maximum atomic E-state index is 13.6. The first kappa shape index (κ1) is 24.8. The van der Waals surface area contributed by atoms with Crippen LogP contribution in [-0.4, -0.2) is 26.5 Å². The summed E-state index contributed by atoms with van der Waals surface area (Å²) in [6.07, 6.45) is 2.24. The molecule has 0 aromatic heterocycles. The molecular formula is C28H32N2O4S. The van der Waals surface area contributed by atoms with E-state index in [4.69, 9.17) is 4.74 Å². The van der Waals surface area contributed by atoms with Gasteiger partial charge in [-0.3, -0.25) is 9.10 Å². The van der Waals surface area contributed by atoms with E-state index in [1.807, 2.05) is 43.3 Å². The number of ether oxygens (including phenoxy) is 1. The Morgan fingerprint density at radius 1 is 0.971 bits per heavy atom. The van der Waals surface area contributed by atoms with Gasteiger partial charge in [0.05, 0.1) is 16.6 Å². The molecule has 3 aromatic rings. The molecule has 0 bridgehead atoms. The van der Waals surface area contributed by atoms with Gasteiger partial charge in [-0.2, -0.15) is 0 Å². The lowest BCUT2D eigenvalue weighted by molar-refractivity contribution is -0.121. The zero-order valence-corrected chi connectivity index (χ0v) is 21.2. The van der Waals surface area contributed by atoms with Crippen molar-refractivity contribution in [3.05, 3.63) is 90.0 Å². The second kappa shape index (κ2) is 10.1. The van der Waals surface area contributed by atoms with Gasteiger partial charge in [0, 0.05) is 12.0 Å². The highest BCUT2D eigenvalue weighted by Gasteiger charge is 2.39. The predicted octanol–water partition coefficient (Wildman–Crippen LogP) is 5.39. The van der Waals surface area contributed by atoms with Crippen molar-refractivity contribution in [3.8, 4) is 5.75 Å². The minimum atomic E-state index is -3.95. The SMILES string of the molecule is CCC1(CC)CC(NC(=O)CN(c2ccc(C)cc2)S(=O)(=O)c2ccccc2)c2ccccc2O1. The Morgan fingerprint density at radius 3 is 2.26 bits per heavy atom. The molecule has 1 heterocycles. The van der Waals surface area contributed by atoms with E-state index in [2.05, 4.69) is 19.2 Å². The lowest BCUT2D eigenvalue weighted by Crippen LogP contribution is -2.47. The molecule has 7 heteroatoms. The minimum Gasteiger partial charge on any atom is -0.487 e. The van der Waals surface area contributed by atoms with Crippen molar-refractivity contribution in [3.63, 3.8) is 0 Å². The smallest absolute Gasteiger partial charge is 0.264 e. The van der Waals surface area contributed by atoms with Gasteiger partial charge in [0.25, 0.3) is 10.0 Å². The summed E-state index contributed by atoms with van der Waals surface area (Å²) in [5, 5.41) is 3.11. The predicted molar refractivity (Wildman–Crippen MR) is 138 cm³/mol. The molecular weight excluding hydrogens is 460 g/mol. The first-order valence-electron chi connectivity index (χ1n) is 12.0. The minimum absolute atomic E-state index is 0.140. The number of benzene rings is 3. The summed E-state index contributed by atoms with van der Waals surface area (Å²) in [5.74, 6) is 0.396. The highest BCUT2D eigenvalue weighted by Crippen LogP contribution is 2.42. The van der Waals surface area contributed by atoms with Crippen LogP contribution < -0.4 is 14.4 Å². The van der Waals surface area contributed by atoms with E-state index in [9.17, 15) is 13.2 Å². The summed E-state index contributed by atoms with van der Waals surface area (Å²) in [6.45, 7) is 5.78. The fourth-order valence-electron chi connectivity index (χ4n) is 4.55. The third kappa shape index (κ3) is 5.20. The van der Waals surface area contributed by atoms with Gasteiger partial charge < -0.3 is 10.1 Å². The van der Waals surface area contributed by atoms with Gasteiger partial charge in [-0.25, -0.2) is 8.42 Å². The third-order valence-electron chi connectivity index (χ3n) is 6.76. The quantitative estimate of drug-likeness (QED) is 0.458. The fourth-order valence-corrected chi connectivity index (χ4v) is 5.99. The number of rotatable bonds is 8. The van der Waals surface area contributed by atoms with Crippen molar-refractivity contribution in [2.75, 3.05) is 10.8 Å². The molecule has 0 saturated heterocycles. The molecule has 0 spiro atoms. The average molecular weight is 493 g/mol. The van der Waals surface area contributed by atoms with Crippen molar-refractivity contribution >= 4 is 21.6 Å². The first-order valence-corrected chi connectivity index (χ1v) is 13.4. The van der Waals surface area contributed by atoms with Crippen LogP contribution in [0.5, 0.6) is 5.75 Å². The summed E-state index contributed by atoms with van der Waals surface area (Å²) in [7, 11) is -3.95. The van der Waals surface area contributed by atoms with E-state index >= 15 is 0 Å². The van der Waals surface area contributed by atoms with Crippen molar-refractivity contribution < 1.29 is 17.9 Å². The largest absolute Gasteiger partial charge is 0.487 e. The molecule has 6 nitrogen and oxygen atoms in total. The normalized spacial score (nSPS) is 16.6. The molecule has 3 aromatic carbocycles. The molecule has 1 amide bonds. The van der Waals surface area contributed by atoms with Crippen LogP contribution in [0.3, 0.4) is 0 Å². The van der Waals surface area contributed by atoms with E-state index < -0.39 is 10.0 Å². The van der Waals surface area contributed by atoms with Gasteiger partial charge >= 0.3 is 0 Å². The van der Waals surface area contributed by atoms with E-state index in [1.165, 1.54) is 4.31 Å². The zero-order chi connectivity index (χ0) is 25.1. The van der Waals surface area contributed by atoms with Crippen LogP contribution in [0.1, 0.15) is 50.3 Å². The van der Waals surface area contributed by atoms with Crippen molar-refractivity contribution in [1.82, 2.24) is 5.32 Å². The number of fused-ring (bicyclic) bond motifs is 1. The number of amides is 1. The Balaban J connectivity index is 1.64. The van der Waals surface area contributed by atoms with E-state index in [-0.39, 0.29) is 29.0 Å². The molecule has 1 unspecified atom stereocenters. The van der Waals surface area contributed by atoms with Crippen molar-refractivity contribution in [2.45, 2.75) is 56.6 Å². The average Bonchev–Trinajstić information content (AvgIpc) is 2.88. The Morgan fingerprint density at radius 2 is 1.60 bits per heavy atom. The number of anilines is 1. The van der Waals surface area contributed by atoms with E-state index in [0.717, 1.165) is 29.7 Å². The van der Waals surface area contributed by atoms with Crippen LogP contribution in [0, 0.1) is 6.92 Å². The fraction of sp³-hybridized carbons (Fsp3) is 0.321. The molecule has 0 aliphatic carbocycles. The van der Waals surface area contributed by atoms with Gasteiger partial charge in [-0.15, -0.1) is 0 Å². The topological polar surface area (TPSA) is 75.7 Å². The summed E-state index contributed by atoms with van der Waals surface area (Å²) >= 11 is 0. The molecule has 0 radical (unpaired) electrons. The maximum Gasteiger partial charge on any atom is 0.264 e. The van der Waals surface area contributed by atoms with Crippen molar-refractivity contribution in [2.24, 2.45) is 0 Å². The summed E-state index contributed by atoms with van der Waals surface area (Å²) < 4.78 is 34.7. The van der Waals surface area contributed by atoms with Gasteiger partial charge in [0.1, 0.15) is 17.9 Å². The van der Waals surface area contributed by atoms with Gasteiger partial charge in [0.2, 0.25) is 5.91 Å². The third-order valence-corrected chi connectivity index (χ3v) is 8.55. The molecule has 1 atom stereocenters. The zero-order valence-electron chi connectivity index (χ0n) is 20.4. The number of aryl methyl sites for hydroxylation is 1. The Labute approximate surface area is 208 Å². The Kier molecular flexibility index (Phi) is 7.17. The number of carbonyl (C=O) groups is 1. The van der Waals surface area contributed by atoms with E-state index in [0.29, 0.717) is 12.1 Å². The standard InChI is InChI=1S/C28H32N2O4S/c1-4-28(5-2)19-25(24-13-9-10-14-26(24)34-28)29-27(31)20-30(22-17-15-21(3)16-18-22)35(32,33)23-11-7-6-8-12-23/h6-18,25H,4-5,19-20H2,1-3H3,(H,29,31). The number of nitrogens with one attached hydrogen (secondary N) is 1. The molecule has 1 N–H and O–H groups in total. The molecule has 1 aliphatic heterocycles. The van der Waals surface area contributed by atoms with Gasteiger partial charge in [0.15, 0.2) is 0 Å². The Bertz CT molecular complexity index is 1270. The van der Waals surface area contributed by atoms with Gasteiger partial charge in [-0.05, 0) is 50.1 Å². The number of hydrogen-bond donors (Lipinski definition) is 1. The monoisotopic (exact) mass is 492 g/mol. The second-order valence-corrected chi connectivity index (χ2v) is 10.9. The highest BCUT2D eigenvalue weighted by atomic mass is 32.2. The summed E-state index contributed by atoms with van der Waals surface area (Å²) in [5.41, 5.74) is 1.98. The molecule has 1 aliphatic rings. The van der Waals surface area contributed by atoms with Crippen molar-refractivity contribution in [1.29, 1.82) is 0 Å². The number of hydrogen-bond acceptors (Lipinski definition) is 4. The Hall–Kier alpha value is -3.32. The van der Waals surface area contributed by atoms with Crippen LogP contribution in [0.4, 0.5) is 5.69 Å². The highest BCUT2D eigenvalue weighted by molar-refractivity contribution is 7.92. The lowest BCUT2D eigenvalue weighted by Gasteiger charge is -2.41. The van der Waals surface area contributed by atoms with Gasteiger partial charge in [-0.1, -0.05) is 67.9 Å². The van der Waals surface area contributed by atoms with Crippen LogP contribution in [0.25, 0.3) is 0 Å². The molecule has 35 heavy (non-hydrogen) atoms. The first-order chi connectivity index (χ1) is 16.8. The molecule has 184 valence electrons. The number of nitrogens with zero attached hydrogens (tertiary/aromatic N) is 1. The second-order valence-electron chi connectivity index (χ2n) is 9.01. The number of carbonyl (C=O) groups excluding carboxylic acids is 1. The summed E-state index contributed by atoms with van der Waals surface area (Å²) in [4.78, 5) is 13.5. The van der Waals surface area contributed by atoms with Crippen LogP contribution >= 0.6 is 0 Å². The van der Waals surface area contributed by atoms with E-state index in [1.54, 1.807) is 42.5 Å². The molecule has 4 rings (SSSR count). The van der Waals surface area contributed by atoms with Crippen LogP contribution in [-0.2, 0) is 14.8 Å². The van der Waals surface area contributed by atoms with Crippen LogP contribution in [0.2, 0.25) is 0 Å². The number of para-hydroxylation sites is 1. The maximum absolute atomic E-state index is 13.6. The lowest BCUT2D eigenvalue weighted by atomic mass is 9.83. The summed E-state index contributed by atoms with van der Waals surface area (Å²) in [6, 6.07) is 22.8. The molecule has 0 fully saturated rings.